The van der Waals surface area contributed by atoms with E-state index in [1.54, 1.807) is 29.5 Å². The van der Waals surface area contributed by atoms with E-state index in [0.717, 1.165) is 11.1 Å². The van der Waals surface area contributed by atoms with Crippen LogP contribution in [0.3, 0.4) is 0 Å². The summed E-state index contributed by atoms with van der Waals surface area (Å²) in [6, 6.07) is 13.0. The summed E-state index contributed by atoms with van der Waals surface area (Å²) >= 11 is 10.9. The van der Waals surface area contributed by atoms with Gasteiger partial charge in [-0.3, -0.25) is 4.79 Å². The first-order valence-corrected chi connectivity index (χ1v) is 7.92. The van der Waals surface area contributed by atoms with Gasteiger partial charge in [-0.15, -0.1) is 11.3 Å². The minimum atomic E-state index is -0.164. The zero-order valence-electron chi connectivity index (χ0n) is 10.2. The van der Waals surface area contributed by atoms with E-state index in [2.05, 4.69) is 21.2 Å². The number of carbonyl (C=O) groups excluding carboxylic acids is 1. The molecular formula is C15H9BrClNOS. The Morgan fingerprint density at radius 3 is 2.80 bits per heavy atom. The van der Waals surface area contributed by atoms with Crippen LogP contribution in [0, 0.1) is 0 Å². The van der Waals surface area contributed by atoms with Gasteiger partial charge in [-0.2, -0.15) is 0 Å². The van der Waals surface area contributed by atoms with Gasteiger partial charge in [-0.1, -0.05) is 11.6 Å². The normalized spacial score (nSPS) is 10.7. The molecule has 1 aromatic heterocycles. The molecule has 1 heterocycles. The van der Waals surface area contributed by atoms with Crippen LogP contribution in [0.25, 0.3) is 10.1 Å². The molecule has 0 aliphatic heterocycles. The van der Waals surface area contributed by atoms with Crippen molar-refractivity contribution in [2.75, 3.05) is 5.32 Å². The maximum atomic E-state index is 12.2. The Labute approximate surface area is 133 Å². The van der Waals surface area contributed by atoms with Gasteiger partial charge >= 0.3 is 0 Å². The molecule has 0 fully saturated rings. The first-order chi connectivity index (χ1) is 9.63. The van der Waals surface area contributed by atoms with Gasteiger partial charge < -0.3 is 5.32 Å². The summed E-state index contributed by atoms with van der Waals surface area (Å²) in [6.07, 6.45) is 0. The molecule has 5 heteroatoms. The number of rotatable bonds is 2. The quantitative estimate of drug-likeness (QED) is 0.631. The Bertz CT molecular complexity index is 799. The average Bonchev–Trinajstić information content (AvgIpc) is 2.85. The summed E-state index contributed by atoms with van der Waals surface area (Å²) in [6.45, 7) is 0. The van der Waals surface area contributed by atoms with E-state index in [1.807, 2.05) is 29.6 Å². The van der Waals surface area contributed by atoms with Crippen molar-refractivity contribution in [1.29, 1.82) is 0 Å². The lowest BCUT2D eigenvalue weighted by atomic mass is 10.2. The Morgan fingerprint density at radius 1 is 1.15 bits per heavy atom. The van der Waals surface area contributed by atoms with Gasteiger partial charge in [-0.25, -0.2) is 0 Å². The molecule has 3 aromatic rings. The molecule has 0 saturated heterocycles. The lowest BCUT2D eigenvalue weighted by Gasteiger charge is -2.07. The Kier molecular flexibility index (Phi) is 3.78. The number of amides is 1. The minimum Gasteiger partial charge on any atom is -0.322 e. The third kappa shape index (κ3) is 2.73. The fourth-order valence-corrected chi connectivity index (χ4v) is 3.55. The largest absolute Gasteiger partial charge is 0.322 e. The van der Waals surface area contributed by atoms with Crippen LogP contribution < -0.4 is 5.32 Å². The zero-order valence-corrected chi connectivity index (χ0v) is 13.3. The molecule has 1 amide bonds. The van der Waals surface area contributed by atoms with Crippen molar-refractivity contribution in [2.45, 2.75) is 0 Å². The van der Waals surface area contributed by atoms with Crippen molar-refractivity contribution >= 4 is 60.5 Å². The van der Waals surface area contributed by atoms with Crippen LogP contribution >= 0.6 is 38.9 Å². The molecule has 20 heavy (non-hydrogen) atoms. The van der Waals surface area contributed by atoms with E-state index in [9.17, 15) is 4.79 Å². The number of thiophene rings is 1. The van der Waals surface area contributed by atoms with Crippen LogP contribution in [0.4, 0.5) is 5.69 Å². The van der Waals surface area contributed by atoms with E-state index in [4.69, 9.17) is 11.6 Å². The fraction of sp³-hybridized carbons (Fsp3) is 0. The predicted octanol–water partition coefficient (Wildman–Crippen LogP) is 5.57. The fourth-order valence-electron chi connectivity index (χ4n) is 1.92. The van der Waals surface area contributed by atoms with Crippen LogP contribution in [0.1, 0.15) is 10.4 Å². The van der Waals surface area contributed by atoms with Gasteiger partial charge in [0.15, 0.2) is 0 Å². The maximum absolute atomic E-state index is 12.2. The summed E-state index contributed by atoms with van der Waals surface area (Å²) in [5.41, 5.74) is 1.34. The van der Waals surface area contributed by atoms with E-state index in [-0.39, 0.29) is 5.91 Å². The second-order valence-corrected chi connectivity index (χ2v) is 6.49. The second-order valence-electron chi connectivity index (χ2n) is 4.25. The van der Waals surface area contributed by atoms with Gasteiger partial charge in [0.25, 0.3) is 5.91 Å². The highest BCUT2D eigenvalue weighted by Crippen LogP contribution is 2.26. The van der Waals surface area contributed by atoms with Crippen molar-refractivity contribution in [3.05, 3.63) is 62.9 Å². The van der Waals surface area contributed by atoms with Gasteiger partial charge in [0.1, 0.15) is 0 Å². The highest BCUT2D eigenvalue weighted by Gasteiger charge is 2.11. The minimum absolute atomic E-state index is 0.164. The molecule has 0 atom stereocenters. The number of fused-ring (bicyclic) bond motifs is 1. The van der Waals surface area contributed by atoms with Crippen LogP contribution in [0.5, 0.6) is 0 Å². The number of carbonyl (C=O) groups is 1. The lowest BCUT2D eigenvalue weighted by Crippen LogP contribution is -2.12. The van der Waals surface area contributed by atoms with E-state index >= 15 is 0 Å². The first-order valence-electron chi connectivity index (χ1n) is 5.87. The number of benzene rings is 2. The topological polar surface area (TPSA) is 29.1 Å². The van der Waals surface area contributed by atoms with Gasteiger partial charge in [-0.05, 0) is 69.2 Å². The van der Waals surface area contributed by atoms with E-state index < -0.39 is 0 Å². The van der Waals surface area contributed by atoms with Crippen molar-refractivity contribution in [2.24, 2.45) is 0 Å². The second kappa shape index (κ2) is 5.56. The summed E-state index contributed by atoms with van der Waals surface area (Å²) in [5, 5.41) is 6.65. The molecule has 0 radical (unpaired) electrons. The molecule has 2 nitrogen and oxygen atoms in total. The molecular weight excluding hydrogens is 358 g/mol. The monoisotopic (exact) mass is 365 g/mol. The van der Waals surface area contributed by atoms with Crippen LogP contribution in [-0.2, 0) is 0 Å². The Morgan fingerprint density at radius 2 is 2.00 bits per heavy atom. The number of anilines is 1. The Balaban J connectivity index is 1.87. The van der Waals surface area contributed by atoms with Crippen molar-refractivity contribution in [1.82, 2.24) is 0 Å². The summed E-state index contributed by atoms with van der Waals surface area (Å²) in [5.74, 6) is -0.164. The number of halogens is 2. The third-order valence-electron chi connectivity index (χ3n) is 2.89. The van der Waals surface area contributed by atoms with Crippen LogP contribution in [0.2, 0.25) is 5.02 Å². The van der Waals surface area contributed by atoms with Gasteiger partial charge in [0.05, 0.1) is 5.56 Å². The van der Waals surface area contributed by atoms with Crippen molar-refractivity contribution in [3.8, 4) is 0 Å². The molecule has 0 aliphatic rings. The van der Waals surface area contributed by atoms with Crippen molar-refractivity contribution in [3.63, 3.8) is 0 Å². The van der Waals surface area contributed by atoms with Gasteiger partial charge in [0, 0.05) is 19.9 Å². The molecule has 100 valence electrons. The van der Waals surface area contributed by atoms with Crippen LogP contribution in [0.15, 0.2) is 52.3 Å². The Hall–Kier alpha value is -1.36. The molecule has 1 N–H and O–H groups in total. The van der Waals surface area contributed by atoms with Crippen molar-refractivity contribution < 1.29 is 4.79 Å². The summed E-state index contributed by atoms with van der Waals surface area (Å²) in [7, 11) is 0. The zero-order chi connectivity index (χ0) is 14.1. The molecule has 0 spiro atoms. The average molecular weight is 367 g/mol. The molecule has 0 unspecified atom stereocenters. The van der Waals surface area contributed by atoms with E-state index in [0.29, 0.717) is 15.1 Å². The highest BCUT2D eigenvalue weighted by atomic mass is 79.9. The predicted molar refractivity (Wildman–Crippen MR) is 88.9 cm³/mol. The molecule has 3 rings (SSSR count). The lowest BCUT2D eigenvalue weighted by molar-refractivity contribution is 0.102. The molecule has 0 saturated carbocycles. The summed E-state index contributed by atoms with van der Waals surface area (Å²) in [4.78, 5) is 12.2. The highest BCUT2D eigenvalue weighted by molar-refractivity contribution is 9.10. The van der Waals surface area contributed by atoms with Crippen LogP contribution in [-0.4, -0.2) is 5.91 Å². The number of hydrogen-bond acceptors (Lipinski definition) is 2. The third-order valence-corrected chi connectivity index (χ3v) is 4.68. The number of hydrogen-bond donors (Lipinski definition) is 1. The molecule has 0 aliphatic carbocycles. The van der Waals surface area contributed by atoms with Gasteiger partial charge in [0.2, 0.25) is 0 Å². The molecule has 0 bridgehead atoms. The summed E-state index contributed by atoms with van der Waals surface area (Å²) < 4.78 is 1.88. The first kappa shape index (κ1) is 13.6. The smallest absolute Gasteiger partial charge is 0.256 e. The molecule has 2 aromatic carbocycles. The van der Waals surface area contributed by atoms with E-state index in [1.165, 1.54) is 4.70 Å². The SMILES string of the molecule is O=C(Nc1ccc2sccc2c1)c1ccc(Cl)cc1Br. The standard InChI is InChI=1S/C15H9BrClNOS/c16-13-8-10(17)1-3-12(13)15(19)18-11-2-4-14-9(7-11)5-6-20-14/h1-8H,(H,18,19). The number of nitrogens with one attached hydrogen (secondary N) is 1. The maximum Gasteiger partial charge on any atom is 0.256 e.